The van der Waals surface area contributed by atoms with Gasteiger partial charge in [-0.05, 0) is 18.9 Å². The number of carbonyl (C=O) groups excluding carboxylic acids is 1. The number of nitrogens with two attached hydrogens (primary N) is 1. The second-order valence-electron chi connectivity index (χ2n) is 4.09. The molecular weight excluding hydrogens is 248 g/mol. The van der Waals surface area contributed by atoms with E-state index in [1.807, 2.05) is 13.8 Å². The van der Waals surface area contributed by atoms with Gasteiger partial charge in [-0.3, -0.25) is 20.8 Å². The number of amides is 1. The van der Waals surface area contributed by atoms with Crippen molar-refractivity contribution in [1.82, 2.24) is 5.32 Å². The van der Waals surface area contributed by atoms with Crippen LogP contribution in [0.5, 0.6) is 0 Å². The smallest absolute Gasteiger partial charge is 0.294 e. The van der Waals surface area contributed by atoms with Gasteiger partial charge in [0.2, 0.25) is 0 Å². The van der Waals surface area contributed by atoms with Crippen molar-refractivity contribution >= 4 is 17.3 Å². The number of hydrogen-bond donors (Lipinski definition) is 3. The van der Waals surface area contributed by atoms with Gasteiger partial charge in [-0.25, -0.2) is 0 Å². The molecule has 19 heavy (non-hydrogen) atoms. The quantitative estimate of drug-likeness (QED) is 0.413. The molecule has 1 rings (SSSR count). The maximum atomic E-state index is 12.1. The van der Waals surface area contributed by atoms with E-state index in [0.29, 0.717) is 0 Å². The predicted molar refractivity (Wildman–Crippen MR) is 72.7 cm³/mol. The second kappa shape index (κ2) is 6.69. The number of nitro groups is 1. The average Bonchev–Trinajstić information content (AvgIpc) is 2.43. The van der Waals surface area contributed by atoms with Crippen LogP contribution in [-0.4, -0.2) is 16.9 Å². The second-order valence-corrected chi connectivity index (χ2v) is 4.09. The molecule has 0 radical (unpaired) electrons. The third kappa shape index (κ3) is 3.41. The number of carbonyl (C=O) groups is 1. The number of benzene rings is 1. The molecular formula is C12H18N4O3. The standard InChI is InChI=1S/C12H18N4O3/c1-3-8(4-2)14-12(17)9-6-5-7-10(16(18)19)11(9)15-13/h5-8,15H,3-4,13H2,1-2H3,(H,14,17). The summed E-state index contributed by atoms with van der Waals surface area (Å²) in [5.41, 5.74) is 2.20. The molecule has 0 atom stereocenters. The summed E-state index contributed by atoms with van der Waals surface area (Å²) < 4.78 is 0. The third-order valence-corrected chi connectivity index (χ3v) is 2.95. The summed E-state index contributed by atoms with van der Waals surface area (Å²) in [6, 6.07) is 4.29. The van der Waals surface area contributed by atoms with Crippen LogP contribution in [0.25, 0.3) is 0 Å². The highest BCUT2D eigenvalue weighted by atomic mass is 16.6. The van der Waals surface area contributed by atoms with E-state index in [0.717, 1.165) is 12.8 Å². The van der Waals surface area contributed by atoms with Crippen LogP contribution in [0.15, 0.2) is 18.2 Å². The van der Waals surface area contributed by atoms with Crippen molar-refractivity contribution in [3.63, 3.8) is 0 Å². The Hall–Kier alpha value is -2.15. The van der Waals surface area contributed by atoms with Crippen LogP contribution >= 0.6 is 0 Å². The zero-order valence-corrected chi connectivity index (χ0v) is 11.0. The lowest BCUT2D eigenvalue weighted by molar-refractivity contribution is -0.384. The van der Waals surface area contributed by atoms with Crippen molar-refractivity contribution in [2.75, 3.05) is 5.43 Å². The van der Waals surface area contributed by atoms with Crippen LogP contribution in [0.3, 0.4) is 0 Å². The van der Waals surface area contributed by atoms with Crippen LogP contribution in [0, 0.1) is 10.1 Å². The number of hydrazine groups is 1. The Labute approximate surface area is 111 Å². The maximum Gasteiger partial charge on any atom is 0.294 e. The van der Waals surface area contributed by atoms with Crippen molar-refractivity contribution in [3.8, 4) is 0 Å². The van der Waals surface area contributed by atoms with E-state index in [1.165, 1.54) is 18.2 Å². The summed E-state index contributed by atoms with van der Waals surface area (Å²) in [4.78, 5) is 22.4. The lowest BCUT2D eigenvalue weighted by atomic mass is 10.1. The van der Waals surface area contributed by atoms with Gasteiger partial charge in [0.1, 0.15) is 5.69 Å². The van der Waals surface area contributed by atoms with Crippen LogP contribution in [0.2, 0.25) is 0 Å². The first-order valence-electron chi connectivity index (χ1n) is 6.09. The molecule has 0 aliphatic heterocycles. The Balaban J connectivity index is 3.09. The predicted octanol–water partition coefficient (Wildman–Crippen LogP) is 1.80. The van der Waals surface area contributed by atoms with Crippen LogP contribution in [-0.2, 0) is 0 Å². The minimum Gasteiger partial charge on any atom is -0.349 e. The zero-order valence-electron chi connectivity index (χ0n) is 11.0. The summed E-state index contributed by atoms with van der Waals surface area (Å²) in [6.07, 6.45) is 1.59. The molecule has 1 aromatic carbocycles. The van der Waals surface area contributed by atoms with E-state index in [-0.39, 0.29) is 28.9 Å². The molecule has 0 aliphatic carbocycles. The highest BCUT2D eigenvalue weighted by molar-refractivity contribution is 6.01. The minimum absolute atomic E-state index is 0.0240. The zero-order chi connectivity index (χ0) is 14.4. The third-order valence-electron chi connectivity index (χ3n) is 2.95. The Kier molecular flexibility index (Phi) is 5.25. The van der Waals surface area contributed by atoms with Gasteiger partial charge >= 0.3 is 0 Å². The first-order chi connectivity index (χ1) is 9.04. The van der Waals surface area contributed by atoms with E-state index < -0.39 is 4.92 Å². The number of para-hydroxylation sites is 1. The molecule has 0 saturated heterocycles. The van der Waals surface area contributed by atoms with Gasteiger partial charge in [-0.2, -0.15) is 0 Å². The van der Waals surface area contributed by atoms with Gasteiger partial charge in [0.05, 0.1) is 10.5 Å². The molecule has 0 saturated carbocycles. The molecule has 1 aromatic rings. The van der Waals surface area contributed by atoms with Crippen LogP contribution in [0.4, 0.5) is 11.4 Å². The Bertz CT molecular complexity index is 472. The number of nitro benzene ring substituents is 1. The first kappa shape index (κ1) is 14.9. The highest BCUT2D eigenvalue weighted by Crippen LogP contribution is 2.27. The van der Waals surface area contributed by atoms with Crippen molar-refractivity contribution < 1.29 is 9.72 Å². The van der Waals surface area contributed by atoms with E-state index in [2.05, 4.69) is 10.7 Å². The van der Waals surface area contributed by atoms with E-state index in [1.54, 1.807) is 0 Å². The summed E-state index contributed by atoms with van der Waals surface area (Å²) in [5.74, 6) is 4.92. The lowest BCUT2D eigenvalue weighted by Crippen LogP contribution is -2.34. The molecule has 4 N–H and O–H groups in total. The summed E-state index contributed by atoms with van der Waals surface area (Å²) in [7, 11) is 0. The average molecular weight is 266 g/mol. The van der Waals surface area contributed by atoms with E-state index in [9.17, 15) is 14.9 Å². The fourth-order valence-corrected chi connectivity index (χ4v) is 1.79. The molecule has 0 unspecified atom stereocenters. The first-order valence-corrected chi connectivity index (χ1v) is 6.09. The molecule has 0 spiro atoms. The lowest BCUT2D eigenvalue weighted by Gasteiger charge is -2.16. The minimum atomic E-state index is -0.580. The monoisotopic (exact) mass is 266 g/mol. The molecule has 1 amide bonds. The van der Waals surface area contributed by atoms with Crippen molar-refractivity contribution in [1.29, 1.82) is 0 Å². The molecule has 0 fully saturated rings. The van der Waals surface area contributed by atoms with E-state index >= 15 is 0 Å². The van der Waals surface area contributed by atoms with Gasteiger partial charge < -0.3 is 10.7 Å². The number of anilines is 1. The Morgan fingerprint density at radius 3 is 2.53 bits per heavy atom. The maximum absolute atomic E-state index is 12.1. The fourth-order valence-electron chi connectivity index (χ4n) is 1.79. The van der Waals surface area contributed by atoms with Gasteiger partial charge in [0, 0.05) is 12.1 Å². The number of nitrogens with one attached hydrogen (secondary N) is 2. The van der Waals surface area contributed by atoms with E-state index in [4.69, 9.17) is 5.84 Å². The summed E-state index contributed by atoms with van der Waals surface area (Å²) in [5, 5.41) is 13.7. The van der Waals surface area contributed by atoms with Gasteiger partial charge in [0.25, 0.3) is 11.6 Å². The molecule has 104 valence electrons. The van der Waals surface area contributed by atoms with Crippen LogP contribution < -0.4 is 16.6 Å². The number of nitrogens with zero attached hydrogens (tertiary/aromatic N) is 1. The largest absolute Gasteiger partial charge is 0.349 e. The Morgan fingerprint density at radius 1 is 1.42 bits per heavy atom. The van der Waals surface area contributed by atoms with Crippen LogP contribution in [0.1, 0.15) is 37.0 Å². The molecule has 0 bridgehead atoms. The number of nitrogen functional groups attached to an aromatic ring is 1. The topological polar surface area (TPSA) is 110 Å². The van der Waals surface area contributed by atoms with Crippen molar-refractivity contribution in [2.45, 2.75) is 32.7 Å². The number of rotatable bonds is 6. The fraction of sp³-hybridized carbons (Fsp3) is 0.417. The highest BCUT2D eigenvalue weighted by Gasteiger charge is 2.21. The number of hydrogen-bond acceptors (Lipinski definition) is 5. The van der Waals surface area contributed by atoms with Gasteiger partial charge in [-0.1, -0.05) is 19.9 Å². The normalized spacial score (nSPS) is 10.3. The Morgan fingerprint density at radius 2 is 2.05 bits per heavy atom. The van der Waals surface area contributed by atoms with Crippen molar-refractivity contribution in [2.24, 2.45) is 5.84 Å². The van der Waals surface area contributed by atoms with Crippen molar-refractivity contribution in [3.05, 3.63) is 33.9 Å². The molecule has 0 aliphatic rings. The van der Waals surface area contributed by atoms with Gasteiger partial charge in [0.15, 0.2) is 0 Å². The molecule has 0 aromatic heterocycles. The SMILES string of the molecule is CCC(CC)NC(=O)c1cccc([N+](=O)[O-])c1NN. The molecule has 0 heterocycles. The molecule has 7 heteroatoms. The summed E-state index contributed by atoms with van der Waals surface area (Å²) >= 11 is 0. The summed E-state index contributed by atoms with van der Waals surface area (Å²) in [6.45, 7) is 3.92. The molecule has 7 nitrogen and oxygen atoms in total. The van der Waals surface area contributed by atoms with Gasteiger partial charge in [-0.15, -0.1) is 0 Å².